The monoisotopic (exact) mass is 362 g/mol. The fourth-order valence-electron chi connectivity index (χ4n) is 2.79. The Morgan fingerprint density at radius 2 is 1.77 bits per heavy atom. The van der Waals surface area contributed by atoms with Crippen LogP contribution in [0.2, 0.25) is 5.15 Å². The summed E-state index contributed by atoms with van der Waals surface area (Å²) in [5.41, 5.74) is 2.94. The van der Waals surface area contributed by atoms with Crippen LogP contribution in [0, 0.1) is 6.92 Å². The van der Waals surface area contributed by atoms with Crippen LogP contribution in [-0.4, -0.2) is 19.7 Å². The van der Waals surface area contributed by atoms with E-state index in [9.17, 15) is 4.79 Å². The van der Waals surface area contributed by atoms with Crippen molar-refractivity contribution in [1.82, 2.24) is 19.7 Å². The molecule has 0 unspecified atom stereocenters. The highest BCUT2D eigenvalue weighted by molar-refractivity contribution is 6.31. The SMILES string of the molecule is Cc1nn(-c2ccccc2)c(Cl)c1/C=C/c1nc2ccccc2c(=O)[nH]1. The third-order valence-electron chi connectivity index (χ3n) is 4.09. The molecule has 0 atom stereocenters. The van der Waals surface area contributed by atoms with Crippen molar-refractivity contribution in [2.24, 2.45) is 0 Å². The van der Waals surface area contributed by atoms with Gasteiger partial charge >= 0.3 is 0 Å². The van der Waals surface area contributed by atoms with E-state index in [-0.39, 0.29) is 5.56 Å². The molecule has 0 aliphatic heterocycles. The van der Waals surface area contributed by atoms with E-state index >= 15 is 0 Å². The molecule has 128 valence electrons. The summed E-state index contributed by atoms with van der Waals surface area (Å²) in [5, 5.41) is 5.57. The van der Waals surface area contributed by atoms with Gasteiger partial charge in [-0.15, -0.1) is 0 Å². The van der Waals surface area contributed by atoms with Crippen molar-refractivity contribution in [2.45, 2.75) is 6.92 Å². The lowest BCUT2D eigenvalue weighted by atomic mass is 10.2. The average molecular weight is 363 g/mol. The predicted molar refractivity (Wildman–Crippen MR) is 105 cm³/mol. The number of nitrogens with one attached hydrogen (secondary N) is 1. The van der Waals surface area contributed by atoms with E-state index in [0.29, 0.717) is 21.9 Å². The maximum atomic E-state index is 12.2. The number of rotatable bonds is 3. The summed E-state index contributed by atoms with van der Waals surface area (Å²) < 4.78 is 1.69. The summed E-state index contributed by atoms with van der Waals surface area (Å²) in [7, 11) is 0. The lowest BCUT2D eigenvalue weighted by Gasteiger charge is -2.02. The highest BCUT2D eigenvalue weighted by atomic mass is 35.5. The van der Waals surface area contributed by atoms with Crippen molar-refractivity contribution in [3.05, 3.63) is 87.2 Å². The number of nitrogens with zero attached hydrogens (tertiary/aromatic N) is 3. The molecule has 5 nitrogen and oxygen atoms in total. The van der Waals surface area contributed by atoms with E-state index in [1.807, 2.05) is 61.5 Å². The number of aryl methyl sites for hydroxylation is 1. The number of hydrogen-bond donors (Lipinski definition) is 1. The number of aromatic nitrogens is 4. The van der Waals surface area contributed by atoms with Crippen LogP contribution in [0.5, 0.6) is 0 Å². The van der Waals surface area contributed by atoms with Crippen LogP contribution in [0.1, 0.15) is 17.1 Å². The first-order valence-electron chi connectivity index (χ1n) is 8.11. The summed E-state index contributed by atoms with van der Waals surface area (Å²) in [6.07, 6.45) is 3.55. The molecule has 1 N–H and O–H groups in total. The largest absolute Gasteiger partial charge is 0.306 e. The highest BCUT2D eigenvalue weighted by Gasteiger charge is 2.12. The second-order valence-electron chi connectivity index (χ2n) is 5.84. The zero-order valence-corrected chi connectivity index (χ0v) is 14.7. The Bertz CT molecular complexity index is 1180. The summed E-state index contributed by atoms with van der Waals surface area (Å²) >= 11 is 6.51. The molecule has 0 spiro atoms. The zero-order valence-electron chi connectivity index (χ0n) is 14.0. The molecule has 0 bridgehead atoms. The van der Waals surface area contributed by atoms with Gasteiger partial charge in [-0.3, -0.25) is 4.79 Å². The molecular formula is C20H15ClN4O. The van der Waals surface area contributed by atoms with Gasteiger partial charge in [0.1, 0.15) is 11.0 Å². The van der Waals surface area contributed by atoms with E-state index in [0.717, 1.165) is 16.9 Å². The number of hydrogen-bond acceptors (Lipinski definition) is 3. The normalized spacial score (nSPS) is 11.5. The molecule has 4 aromatic rings. The van der Waals surface area contributed by atoms with Gasteiger partial charge in [0.25, 0.3) is 5.56 Å². The molecule has 0 aliphatic rings. The van der Waals surface area contributed by atoms with Gasteiger partial charge < -0.3 is 4.98 Å². The van der Waals surface area contributed by atoms with Gasteiger partial charge in [-0.1, -0.05) is 41.9 Å². The zero-order chi connectivity index (χ0) is 18.1. The summed E-state index contributed by atoms with van der Waals surface area (Å²) in [4.78, 5) is 19.4. The minimum Gasteiger partial charge on any atom is -0.306 e. The molecule has 4 rings (SSSR count). The van der Waals surface area contributed by atoms with Crippen LogP contribution >= 0.6 is 11.6 Å². The van der Waals surface area contributed by atoms with Crippen molar-refractivity contribution in [1.29, 1.82) is 0 Å². The second kappa shape index (κ2) is 6.61. The molecule has 0 amide bonds. The number of fused-ring (bicyclic) bond motifs is 1. The second-order valence-corrected chi connectivity index (χ2v) is 6.20. The first kappa shape index (κ1) is 16.3. The van der Waals surface area contributed by atoms with Crippen LogP contribution in [0.4, 0.5) is 0 Å². The van der Waals surface area contributed by atoms with Crippen molar-refractivity contribution in [2.75, 3.05) is 0 Å². The highest BCUT2D eigenvalue weighted by Crippen LogP contribution is 2.25. The minimum absolute atomic E-state index is 0.168. The Morgan fingerprint density at radius 3 is 2.58 bits per heavy atom. The van der Waals surface area contributed by atoms with Gasteiger partial charge in [-0.25, -0.2) is 9.67 Å². The summed E-state index contributed by atoms with van der Waals surface area (Å²) in [5.74, 6) is 0.469. The number of aromatic amines is 1. The van der Waals surface area contributed by atoms with Crippen LogP contribution in [0.25, 0.3) is 28.7 Å². The van der Waals surface area contributed by atoms with Crippen LogP contribution in [0.3, 0.4) is 0 Å². The molecule has 0 radical (unpaired) electrons. The first-order chi connectivity index (χ1) is 12.6. The van der Waals surface area contributed by atoms with E-state index in [2.05, 4.69) is 15.1 Å². The molecule has 26 heavy (non-hydrogen) atoms. The molecule has 2 aromatic carbocycles. The molecule has 0 saturated carbocycles. The number of H-pyrrole nitrogens is 1. The van der Waals surface area contributed by atoms with Gasteiger partial charge in [0.2, 0.25) is 0 Å². The van der Waals surface area contributed by atoms with E-state index in [1.165, 1.54) is 0 Å². The van der Waals surface area contributed by atoms with Crippen molar-refractivity contribution < 1.29 is 0 Å². The summed E-state index contributed by atoms with van der Waals surface area (Å²) in [6.45, 7) is 1.89. The molecule has 6 heteroatoms. The molecule has 2 heterocycles. The molecular weight excluding hydrogens is 348 g/mol. The number of benzene rings is 2. The Hall–Kier alpha value is -3.18. The van der Waals surface area contributed by atoms with Crippen molar-refractivity contribution in [3.8, 4) is 5.69 Å². The fourth-order valence-corrected chi connectivity index (χ4v) is 3.12. The van der Waals surface area contributed by atoms with Crippen LogP contribution in [0.15, 0.2) is 59.4 Å². The fraction of sp³-hybridized carbons (Fsp3) is 0.0500. The first-order valence-corrected chi connectivity index (χ1v) is 8.49. The Morgan fingerprint density at radius 1 is 1.04 bits per heavy atom. The van der Waals surface area contributed by atoms with Crippen LogP contribution < -0.4 is 5.56 Å². The quantitative estimate of drug-likeness (QED) is 0.592. The lowest BCUT2D eigenvalue weighted by molar-refractivity contribution is 0.863. The van der Waals surface area contributed by atoms with E-state index in [1.54, 1.807) is 16.8 Å². The maximum absolute atomic E-state index is 12.2. The minimum atomic E-state index is -0.168. The Labute approximate surface area is 154 Å². The molecule has 0 fully saturated rings. The van der Waals surface area contributed by atoms with Gasteiger partial charge in [-0.2, -0.15) is 5.10 Å². The van der Waals surface area contributed by atoms with Gasteiger partial charge in [0, 0.05) is 5.56 Å². The Kier molecular flexibility index (Phi) is 4.14. The topological polar surface area (TPSA) is 63.6 Å². The van der Waals surface area contributed by atoms with Gasteiger partial charge in [-0.05, 0) is 43.3 Å². The smallest absolute Gasteiger partial charge is 0.259 e. The molecule has 2 aromatic heterocycles. The molecule has 0 aliphatic carbocycles. The average Bonchev–Trinajstić information content (AvgIpc) is 2.95. The number of para-hydroxylation sites is 2. The van der Waals surface area contributed by atoms with Crippen molar-refractivity contribution >= 4 is 34.7 Å². The van der Waals surface area contributed by atoms with Crippen LogP contribution in [-0.2, 0) is 0 Å². The number of halogens is 1. The van der Waals surface area contributed by atoms with E-state index < -0.39 is 0 Å². The standard InChI is InChI=1S/C20H15ClN4O/c1-13-15(19(21)25(24-13)14-7-3-2-4-8-14)11-12-18-22-17-10-6-5-9-16(17)20(26)23-18/h2-12H,1H3,(H,22,23,26)/b12-11+. The summed E-state index contributed by atoms with van der Waals surface area (Å²) in [6, 6.07) is 16.9. The Balaban J connectivity index is 1.74. The molecule has 0 saturated heterocycles. The van der Waals surface area contributed by atoms with E-state index in [4.69, 9.17) is 11.6 Å². The maximum Gasteiger partial charge on any atom is 0.259 e. The van der Waals surface area contributed by atoms with Gasteiger partial charge in [0.15, 0.2) is 0 Å². The predicted octanol–water partition coefficient (Wildman–Crippen LogP) is 4.24. The van der Waals surface area contributed by atoms with Gasteiger partial charge in [0.05, 0.1) is 22.3 Å². The third-order valence-corrected chi connectivity index (χ3v) is 4.45. The third kappa shape index (κ3) is 2.93. The van der Waals surface area contributed by atoms with Crippen molar-refractivity contribution in [3.63, 3.8) is 0 Å². The lowest BCUT2D eigenvalue weighted by Crippen LogP contribution is -2.09.